The first-order valence-corrected chi connectivity index (χ1v) is 7.79. The van der Waals surface area contributed by atoms with E-state index in [-0.39, 0.29) is 13.1 Å². The minimum absolute atomic E-state index is 0.0295. The summed E-state index contributed by atoms with van der Waals surface area (Å²) in [7, 11) is 0. The Labute approximate surface area is 123 Å². The van der Waals surface area contributed by atoms with Crippen molar-refractivity contribution in [1.82, 2.24) is 4.90 Å². The lowest BCUT2D eigenvalue weighted by atomic mass is 9.81. The molecule has 1 aliphatic carbocycles. The van der Waals surface area contributed by atoms with Crippen molar-refractivity contribution in [2.24, 2.45) is 23.7 Å². The first-order chi connectivity index (χ1) is 9.77. The fraction of sp³-hybridized carbons (Fsp3) is 0.933. The van der Waals surface area contributed by atoms with E-state index >= 15 is 0 Å². The molecule has 2 aliphatic rings. The Morgan fingerprint density at radius 3 is 2.52 bits per heavy atom. The van der Waals surface area contributed by atoms with Crippen molar-refractivity contribution < 1.29 is 23.1 Å². The highest BCUT2D eigenvalue weighted by molar-refractivity contribution is 5.71. The van der Waals surface area contributed by atoms with Crippen LogP contribution in [0.4, 0.5) is 13.2 Å². The second-order valence-corrected chi connectivity index (χ2v) is 6.78. The number of carbonyl (C=O) groups is 1. The number of halogens is 3. The quantitative estimate of drug-likeness (QED) is 0.865. The fourth-order valence-corrected chi connectivity index (χ4v) is 3.84. The molecule has 122 valence electrons. The van der Waals surface area contributed by atoms with Crippen LogP contribution in [0.5, 0.6) is 0 Å². The van der Waals surface area contributed by atoms with Crippen molar-refractivity contribution in [2.45, 2.75) is 45.2 Å². The van der Waals surface area contributed by atoms with Crippen molar-refractivity contribution >= 4 is 5.97 Å². The summed E-state index contributed by atoms with van der Waals surface area (Å²) in [5.41, 5.74) is 0. The zero-order valence-corrected chi connectivity index (χ0v) is 12.4. The van der Waals surface area contributed by atoms with Crippen LogP contribution in [0.15, 0.2) is 0 Å². The van der Waals surface area contributed by atoms with Crippen molar-refractivity contribution in [3.8, 4) is 0 Å². The van der Waals surface area contributed by atoms with E-state index in [9.17, 15) is 18.0 Å². The molecule has 1 saturated heterocycles. The highest BCUT2D eigenvalue weighted by Crippen LogP contribution is 2.38. The average molecular weight is 307 g/mol. The second-order valence-electron chi connectivity index (χ2n) is 6.78. The van der Waals surface area contributed by atoms with Gasteiger partial charge in [-0.25, -0.2) is 0 Å². The zero-order chi connectivity index (χ0) is 15.6. The summed E-state index contributed by atoms with van der Waals surface area (Å²) in [5.74, 6) is -3.07. The van der Waals surface area contributed by atoms with Gasteiger partial charge in [0.1, 0.15) is 0 Å². The molecule has 0 radical (unpaired) electrons. The summed E-state index contributed by atoms with van der Waals surface area (Å²) in [4.78, 5) is 12.7. The van der Waals surface area contributed by atoms with Gasteiger partial charge in [0, 0.05) is 13.1 Å². The lowest BCUT2D eigenvalue weighted by Crippen LogP contribution is -2.33. The predicted octanol–water partition coefficient (Wildman–Crippen LogP) is 3.40. The standard InChI is InChI=1S/C15H24F3NO2/c1-10-3-2-4-11(7-10)5-6-19-8-12(14(20)21)13(9-19)15(16,17)18/h10-13H,2-9H2,1H3,(H,20,21)/t10?,11?,12-,13-/m1/s1. The van der Waals surface area contributed by atoms with Crippen LogP contribution in [0.3, 0.4) is 0 Å². The van der Waals surface area contributed by atoms with Gasteiger partial charge in [-0.3, -0.25) is 4.79 Å². The van der Waals surface area contributed by atoms with Gasteiger partial charge < -0.3 is 10.0 Å². The van der Waals surface area contributed by atoms with E-state index < -0.39 is 24.0 Å². The summed E-state index contributed by atoms with van der Waals surface area (Å²) in [6.07, 6.45) is 1.23. The summed E-state index contributed by atoms with van der Waals surface area (Å²) in [5, 5.41) is 8.99. The summed E-state index contributed by atoms with van der Waals surface area (Å²) in [6, 6.07) is 0. The van der Waals surface area contributed by atoms with Crippen LogP contribution in [0.25, 0.3) is 0 Å². The topological polar surface area (TPSA) is 40.5 Å². The van der Waals surface area contributed by atoms with Gasteiger partial charge in [0.2, 0.25) is 0 Å². The molecule has 2 unspecified atom stereocenters. The van der Waals surface area contributed by atoms with E-state index in [1.807, 2.05) is 0 Å². The Morgan fingerprint density at radius 2 is 2.00 bits per heavy atom. The van der Waals surface area contributed by atoms with Gasteiger partial charge >= 0.3 is 12.1 Å². The van der Waals surface area contributed by atoms with Gasteiger partial charge in [-0.2, -0.15) is 13.2 Å². The molecular formula is C15H24F3NO2. The highest BCUT2D eigenvalue weighted by Gasteiger charge is 2.52. The van der Waals surface area contributed by atoms with Gasteiger partial charge in [-0.15, -0.1) is 0 Å². The van der Waals surface area contributed by atoms with Crippen LogP contribution in [-0.2, 0) is 4.79 Å². The molecule has 1 N–H and O–H groups in total. The van der Waals surface area contributed by atoms with Gasteiger partial charge in [-0.05, 0) is 31.2 Å². The van der Waals surface area contributed by atoms with Crippen molar-refractivity contribution in [3.05, 3.63) is 0 Å². The minimum Gasteiger partial charge on any atom is -0.481 e. The number of rotatable bonds is 4. The molecular weight excluding hydrogens is 283 g/mol. The normalized spacial score (nSPS) is 35.0. The molecule has 1 aliphatic heterocycles. The number of carboxylic acid groups (broad SMARTS) is 1. The fourth-order valence-electron chi connectivity index (χ4n) is 3.84. The van der Waals surface area contributed by atoms with Crippen LogP contribution in [0.1, 0.15) is 39.0 Å². The van der Waals surface area contributed by atoms with Crippen LogP contribution < -0.4 is 0 Å². The maximum absolute atomic E-state index is 12.9. The number of likely N-dealkylation sites (tertiary alicyclic amines) is 1. The molecule has 2 fully saturated rings. The summed E-state index contributed by atoms with van der Waals surface area (Å²) in [6.45, 7) is 2.68. The number of hydrogen-bond acceptors (Lipinski definition) is 2. The monoisotopic (exact) mass is 307 g/mol. The molecule has 0 spiro atoms. The molecule has 21 heavy (non-hydrogen) atoms. The number of aliphatic carboxylic acids is 1. The van der Waals surface area contributed by atoms with E-state index in [0.29, 0.717) is 18.4 Å². The van der Waals surface area contributed by atoms with Crippen LogP contribution in [-0.4, -0.2) is 41.8 Å². The smallest absolute Gasteiger partial charge is 0.393 e. The van der Waals surface area contributed by atoms with Gasteiger partial charge in [0.15, 0.2) is 0 Å². The summed E-state index contributed by atoms with van der Waals surface area (Å²) >= 11 is 0. The molecule has 1 heterocycles. The third-order valence-corrected chi connectivity index (χ3v) is 5.03. The Hall–Kier alpha value is -0.780. The Morgan fingerprint density at radius 1 is 1.29 bits per heavy atom. The molecule has 0 amide bonds. The minimum atomic E-state index is -4.42. The van der Waals surface area contributed by atoms with Gasteiger partial charge in [0.05, 0.1) is 11.8 Å². The van der Waals surface area contributed by atoms with Crippen molar-refractivity contribution in [3.63, 3.8) is 0 Å². The molecule has 1 saturated carbocycles. The lowest BCUT2D eigenvalue weighted by Gasteiger charge is -2.28. The average Bonchev–Trinajstić information content (AvgIpc) is 2.81. The van der Waals surface area contributed by atoms with Gasteiger partial charge in [-0.1, -0.05) is 26.2 Å². The van der Waals surface area contributed by atoms with Crippen molar-refractivity contribution in [1.29, 1.82) is 0 Å². The lowest BCUT2D eigenvalue weighted by molar-refractivity contribution is -0.188. The van der Waals surface area contributed by atoms with Crippen LogP contribution >= 0.6 is 0 Å². The van der Waals surface area contributed by atoms with E-state index in [1.165, 1.54) is 12.8 Å². The second kappa shape index (κ2) is 6.55. The van der Waals surface area contributed by atoms with Crippen LogP contribution in [0.2, 0.25) is 0 Å². The third kappa shape index (κ3) is 4.34. The first kappa shape index (κ1) is 16.6. The maximum atomic E-state index is 12.9. The van der Waals surface area contributed by atoms with Crippen LogP contribution in [0, 0.1) is 23.7 Å². The number of hydrogen-bond donors (Lipinski definition) is 1. The van der Waals surface area contributed by atoms with E-state index in [4.69, 9.17) is 5.11 Å². The molecule has 6 heteroatoms. The zero-order valence-electron chi connectivity index (χ0n) is 12.4. The molecule has 0 bridgehead atoms. The van der Waals surface area contributed by atoms with Gasteiger partial charge in [0.25, 0.3) is 0 Å². The molecule has 4 atom stereocenters. The number of carboxylic acids is 1. The first-order valence-electron chi connectivity index (χ1n) is 7.79. The summed E-state index contributed by atoms with van der Waals surface area (Å²) < 4.78 is 38.7. The van der Waals surface area contributed by atoms with E-state index in [2.05, 4.69) is 6.92 Å². The molecule has 0 aromatic rings. The largest absolute Gasteiger partial charge is 0.481 e. The Kier molecular flexibility index (Phi) is 5.17. The molecule has 0 aromatic heterocycles. The maximum Gasteiger partial charge on any atom is 0.393 e. The van der Waals surface area contributed by atoms with E-state index in [0.717, 1.165) is 19.3 Å². The Bertz CT molecular complexity index is 372. The molecule has 0 aromatic carbocycles. The highest BCUT2D eigenvalue weighted by atomic mass is 19.4. The molecule has 3 nitrogen and oxygen atoms in total. The number of alkyl halides is 3. The Balaban J connectivity index is 1.86. The van der Waals surface area contributed by atoms with E-state index in [1.54, 1.807) is 4.90 Å². The number of nitrogens with zero attached hydrogens (tertiary/aromatic N) is 1. The predicted molar refractivity (Wildman–Crippen MR) is 72.8 cm³/mol. The third-order valence-electron chi connectivity index (χ3n) is 5.03. The van der Waals surface area contributed by atoms with Crippen molar-refractivity contribution in [2.75, 3.05) is 19.6 Å². The SMILES string of the molecule is CC1CCCC(CCN2C[C@@H](C(F)(F)F)[C@H](C(=O)O)C2)C1. The molecule has 2 rings (SSSR count).